The SMILES string of the molecule is CCOC(=O)c1sc2ncnc(N3CCN(Cc4ccc(OC)cc4)CC3)c2c1C. The van der Waals surface area contributed by atoms with Crippen molar-refractivity contribution in [1.82, 2.24) is 14.9 Å². The molecule has 1 saturated heterocycles. The summed E-state index contributed by atoms with van der Waals surface area (Å²) in [4.78, 5) is 27.5. The number of nitrogens with zero attached hydrogens (tertiary/aromatic N) is 4. The predicted molar refractivity (Wildman–Crippen MR) is 119 cm³/mol. The summed E-state index contributed by atoms with van der Waals surface area (Å²) in [5, 5.41) is 0.967. The lowest BCUT2D eigenvalue weighted by molar-refractivity contribution is 0.0531. The molecule has 7 nitrogen and oxygen atoms in total. The molecule has 3 aromatic rings. The molecule has 0 N–H and O–H groups in total. The van der Waals surface area contributed by atoms with Crippen LogP contribution in [0.4, 0.5) is 5.82 Å². The molecular formula is C22H26N4O3S. The Bertz CT molecular complexity index is 1030. The molecule has 0 aliphatic carbocycles. The van der Waals surface area contributed by atoms with Crippen LogP contribution < -0.4 is 9.64 Å². The molecule has 0 saturated carbocycles. The molecule has 0 radical (unpaired) electrons. The van der Waals surface area contributed by atoms with Gasteiger partial charge in [0.1, 0.15) is 27.6 Å². The summed E-state index contributed by atoms with van der Waals surface area (Å²) in [6.45, 7) is 8.72. The molecule has 2 aromatic heterocycles. The fourth-order valence-electron chi connectivity index (χ4n) is 3.79. The van der Waals surface area contributed by atoms with E-state index in [4.69, 9.17) is 9.47 Å². The molecule has 30 heavy (non-hydrogen) atoms. The number of carbonyl (C=O) groups is 1. The third-order valence-corrected chi connectivity index (χ3v) is 6.58. The zero-order valence-electron chi connectivity index (χ0n) is 17.6. The van der Waals surface area contributed by atoms with Gasteiger partial charge in [-0.2, -0.15) is 0 Å². The Morgan fingerprint density at radius 2 is 1.87 bits per heavy atom. The van der Waals surface area contributed by atoms with Crippen molar-refractivity contribution < 1.29 is 14.3 Å². The van der Waals surface area contributed by atoms with Gasteiger partial charge < -0.3 is 14.4 Å². The highest BCUT2D eigenvalue weighted by Gasteiger charge is 2.25. The molecule has 0 spiro atoms. The average Bonchev–Trinajstić information content (AvgIpc) is 3.12. The van der Waals surface area contributed by atoms with Crippen molar-refractivity contribution in [1.29, 1.82) is 0 Å². The number of aromatic nitrogens is 2. The zero-order valence-corrected chi connectivity index (χ0v) is 18.4. The third-order valence-electron chi connectivity index (χ3n) is 5.40. The fourth-order valence-corrected chi connectivity index (χ4v) is 4.83. The van der Waals surface area contributed by atoms with E-state index in [1.165, 1.54) is 16.9 Å². The van der Waals surface area contributed by atoms with E-state index < -0.39 is 0 Å². The molecule has 4 rings (SSSR count). The number of hydrogen-bond donors (Lipinski definition) is 0. The first-order chi connectivity index (χ1) is 14.6. The van der Waals surface area contributed by atoms with Gasteiger partial charge in [0.2, 0.25) is 0 Å². The second kappa shape index (κ2) is 8.97. The van der Waals surface area contributed by atoms with Gasteiger partial charge in [-0.15, -0.1) is 11.3 Å². The van der Waals surface area contributed by atoms with Crippen molar-refractivity contribution in [2.45, 2.75) is 20.4 Å². The van der Waals surface area contributed by atoms with E-state index in [1.54, 1.807) is 13.4 Å². The van der Waals surface area contributed by atoms with Gasteiger partial charge in [-0.25, -0.2) is 14.8 Å². The number of aryl methyl sites for hydroxylation is 1. The standard InChI is InChI=1S/C22H26N4O3S/c1-4-29-22(27)19-15(2)18-20(23-14-24-21(18)30-19)26-11-9-25(10-12-26)13-16-5-7-17(28-3)8-6-16/h5-8,14H,4,9-13H2,1-3H3. The van der Waals surface area contributed by atoms with Crippen LogP contribution in [0, 0.1) is 6.92 Å². The number of fused-ring (bicyclic) bond motifs is 1. The number of methoxy groups -OCH3 is 1. The minimum absolute atomic E-state index is 0.284. The first-order valence-corrected chi connectivity index (χ1v) is 10.9. The number of ether oxygens (including phenoxy) is 2. The second-order valence-corrected chi connectivity index (χ2v) is 8.26. The van der Waals surface area contributed by atoms with Gasteiger partial charge in [0.15, 0.2) is 0 Å². The van der Waals surface area contributed by atoms with Crippen LogP contribution in [0.1, 0.15) is 27.7 Å². The zero-order chi connectivity index (χ0) is 21.1. The molecule has 3 heterocycles. The Morgan fingerprint density at radius 3 is 2.53 bits per heavy atom. The van der Waals surface area contributed by atoms with Gasteiger partial charge in [-0.1, -0.05) is 12.1 Å². The van der Waals surface area contributed by atoms with E-state index in [1.807, 2.05) is 26.0 Å². The minimum atomic E-state index is -0.284. The topological polar surface area (TPSA) is 67.8 Å². The van der Waals surface area contributed by atoms with Gasteiger partial charge in [0, 0.05) is 32.7 Å². The largest absolute Gasteiger partial charge is 0.497 e. The molecule has 0 unspecified atom stereocenters. The van der Waals surface area contributed by atoms with E-state index >= 15 is 0 Å². The number of hydrogen-bond acceptors (Lipinski definition) is 8. The number of carbonyl (C=O) groups excluding carboxylic acids is 1. The number of rotatable bonds is 6. The summed E-state index contributed by atoms with van der Waals surface area (Å²) in [5.41, 5.74) is 2.19. The van der Waals surface area contributed by atoms with Crippen molar-refractivity contribution >= 4 is 33.3 Å². The van der Waals surface area contributed by atoms with Gasteiger partial charge >= 0.3 is 5.97 Å². The van der Waals surface area contributed by atoms with Crippen molar-refractivity contribution in [3.8, 4) is 5.75 Å². The van der Waals surface area contributed by atoms with Crippen molar-refractivity contribution in [3.05, 3.63) is 46.6 Å². The summed E-state index contributed by atoms with van der Waals surface area (Å²) < 4.78 is 10.4. The number of esters is 1. The molecule has 1 fully saturated rings. The molecule has 158 valence electrons. The Balaban J connectivity index is 1.48. The second-order valence-electron chi connectivity index (χ2n) is 7.27. The van der Waals surface area contributed by atoms with E-state index in [2.05, 4.69) is 31.9 Å². The minimum Gasteiger partial charge on any atom is -0.497 e. The van der Waals surface area contributed by atoms with Crippen LogP contribution in [0.2, 0.25) is 0 Å². The highest BCUT2D eigenvalue weighted by atomic mass is 32.1. The van der Waals surface area contributed by atoms with Gasteiger partial charge in [0.05, 0.1) is 19.1 Å². The van der Waals surface area contributed by atoms with Gasteiger partial charge in [-0.05, 0) is 37.1 Å². The average molecular weight is 427 g/mol. The molecule has 0 atom stereocenters. The van der Waals surface area contributed by atoms with E-state index in [0.717, 1.165) is 60.1 Å². The number of thiophene rings is 1. The van der Waals surface area contributed by atoms with Crippen molar-refractivity contribution in [3.63, 3.8) is 0 Å². The highest BCUT2D eigenvalue weighted by Crippen LogP contribution is 2.35. The lowest BCUT2D eigenvalue weighted by Gasteiger charge is -2.35. The molecule has 8 heteroatoms. The number of benzene rings is 1. The van der Waals surface area contributed by atoms with Crippen LogP contribution in [0.5, 0.6) is 5.75 Å². The summed E-state index contributed by atoms with van der Waals surface area (Å²) in [6.07, 6.45) is 1.59. The number of piperazine rings is 1. The molecule has 1 aliphatic heterocycles. The van der Waals surface area contributed by atoms with Gasteiger partial charge in [-0.3, -0.25) is 4.90 Å². The Kier molecular flexibility index (Phi) is 6.15. The van der Waals surface area contributed by atoms with Crippen LogP contribution in [0.25, 0.3) is 10.2 Å². The molecule has 1 aromatic carbocycles. The van der Waals surface area contributed by atoms with Gasteiger partial charge in [0.25, 0.3) is 0 Å². The van der Waals surface area contributed by atoms with Crippen LogP contribution >= 0.6 is 11.3 Å². The first-order valence-electron chi connectivity index (χ1n) is 10.1. The van der Waals surface area contributed by atoms with E-state index in [0.29, 0.717) is 11.5 Å². The smallest absolute Gasteiger partial charge is 0.348 e. The summed E-state index contributed by atoms with van der Waals surface area (Å²) in [7, 11) is 1.68. The lowest BCUT2D eigenvalue weighted by Crippen LogP contribution is -2.46. The summed E-state index contributed by atoms with van der Waals surface area (Å²) in [5.74, 6) is 1.51. The van der Waals surface area contributed by atoms with Crippen LogP contribution in [0.3, 0.4) is 0 Å². The Hall–Kier alpha value is -2.71. The molecule has 1 aliphatic rings. The predicted octanol–water partition coefficient (Wildman–Crippen LogP) is 3.51. The summed E-state index contributed by atoms with van der Waals surface area (Å²) >= 11 is 1.38. The molecule has 0 amide bonds. The van der Waals surface area contributed by atoms with Crippen molar-refractivity contribution in [2.24, 2.45) is 0 Å². The monoisotopic (exact) mass is 426 g/mol. The fraction of sp³-hybridized carbons (Fsp3) is 0.409. The maximum atomic E-state index is 12.3. The Morgan fingerprint density at radius 1 is 1.13 bits per heavy atom. The molecule has 0 bridgehead atoms. The summed E-state index contributed by atoms with van der Waals surface area (Å²) in [6, 6.07) is 8.24. The van der Waals surface area contributed by atoms with Crippen LogP contribution in [0.15, 0.2) is 30.6 Å². The maximum Gasteiger partial charge on any atom is 0.348 e. The number of anilines is 1. The van der Waals surface area contributed by atoms with Crippen LogP contribution in [-0.4, -0.2) is 60.7 Å². The van der Waals surface area contributed by atoms with E-state index in [9.17, 15) is 4.79 Å². The Labute approximate surface area is 180 Å². The van der Waals surface area contributed by atoms with Crippen LogP contribution in [-0.2, 0) is 11.3 Å². The quantitative estimate of drug-likeness (QED) is 0.559. The van der Waals surface area contributed by atoms with Crippen molar-refractivity contribution in [2.75, 3.05) is 44.8 Å². The third kappa shape index (κ3) is 4.11. The highest BCUT2D eigenvalue weighted by molar-refractivity contribution is 7.20. The maximum absolute atomic E-state index is 12.3. The lowest BCUT2D eigenvalue weighted by atomic mass is 10.1. The normalized spacial score (nSPS) is 14.8. The van der Waals surface area contributed by atoms with E-state index in [-0.39, 0.29) is 5.97 Å². The molecular weight excluding hydrogens is 400 g/mol. The first kappa shape index (κ1) is 20.6.